The number of ether oxygens (including phenoxy) is 1. The predicted octanol–water partition coefficient (Wildman–Crippen LogP) is 6.76. The molecule has 0 unspecified atom stereocenters. The molecule has 4 aromatic carbocycles. The lowest BCUT2D eigenvalue weighted by atomic mass is 10.1. The van der Waals surface area contributed by atoms with E-state index in [1.54, 1.807) is 23.5 Å². The molecular formula is C35H25N3O3S. The van der Waals surface area contributed by atoms with Crippen molar-refractivity contribution in [2.75, 3.05) is 6.61 Å². The minimum absolute atomic E-state index is 0.0875. The summed E-state index contributed by atoms with van der Waals surface area (Å²) < 4.78 is 9.68. The van der Waals surface area contributed by atoms with E-state index in [4.69, 9.17) is 9.72 Å². The van der Waals surface area contributed by atoms with E-state index < -0.39 is 0 Å². The molecule has 3 aromatic heterocycles. The number of hydrogen-bond acceptors (Lipinski definition) is 5. The fourth-order valence-electron chi connectivity index (χ4n) is 5.34. The lowest BCUT2D eigenvalue weighted by Crippen LogP contribution is -2.22. The van der Waals surface area contributed by atoms with Crippen LogP contribution in [-0.4, -0.2) is 26.5 Å². The van der Waals surface area contributed by atoms with Crippen molar-refractivity contribution in [1.82, 2.24) is 14.0 Å². The summed E-state index contributed by atoms with van der Waals surface area (Å²) in [7, 11) is 0. The van der Waals surface area contributed by atoms with Crippen LogP contribution in [0.5, 0.6) is 0 Å². The van der Waals surface area contributed by atoms with Gasteiger partial charge in [0.05, 0.1) is 39.1 Å². The van der Waals surface area contributed by atoms with Gasteiger partial charge >= 0.3 is 5.97 Å². The van der Waals surface area contributed by atoms with Gasteiger partial charge in [-0.25, -0.2) is 14.2 Å². The van der Waals surface area contributed by atoms with E-state index in [9.17, 15) is 9.59 Å². The van der Waals surface area contributed by atoms with Gasteiger partial charge in [-0.2, -0.15) is 0 Å². The quantitative estimate of drug-likeness (QED) is 0.208. The standard InChI is InChI=1S/C35H25N3O3S/c1-2-41-34(40)25-17-19-27(20-18-25)37-30(23-11-5-3-6-12-23)21-26(32(37)24-13-7-4-8-14-24)22-31-33(39)38-29-16-10-9-15-28(29)36-35(38)42-31/h3-22H,2H2,1H3. The number of fused-ring (bicyclic) bond motifs is 3. The van der Waals surface area contributed by atoms with Crippen molar-refractivity contribution in [2.24, 2.45) is 0 Å². The van der Waals surface area contributed by atoms with Gasteiger partial charge in [-0.05, 0) is 66.6 Å². The van der Waals surface area contributed by atoms with E-state index in [0.29, 0.717) is 21.7 Å². The second-order valence-electron chi connectivity index (χ2n) is 9.80. The van der Waals surface area contributed by atoms with Crippen molar-refractivity contribution >= 4 is 39.4 Å². The third-order valence-electron chi connectivity index (χ3n) is 7.22. The molecule has 0 aliphatic rings. The molecule has 0 N–H and O–H groups in total. The maximum Gasteiger partial charge on any atom is 0.338 e. The van der Waals surface area contributed by atoms with E-state index in [0.717, 1.165) is 44.8 Å². The topological polar surface area (TPSA) is 65.6 Å². The number of esters is 1. The summed E-state index contributed by atoms with van der Waals surface area (Å²) in [6, 6.07) is 37.5. The van der Waals surface area contributed by atoms with Crippen LogP contribution in [0, 0.1) is 0 Å². The molecule has 0 aliphatic heterocycles. The van der Waals surface area contributed by atoms with Crippen LogP contribution in [0.1, 0.15) is 22.8 Å². The molecule has 0 radical (unpaired) electrons. The number of para-hydroxylation sites is 2. The summed E-state index contributed by atoms with van der Waals surface area (Å²) in [4.78, 5) is 31.4. The van der Waals surface area contributed by atoms with Crippen molar-refractivity contribution in [3.05, 3.63) is 141 Å². The molecule has 42 heavy (non-hydrogen) atoms. The van der Waals surface area contributed by atoms with Gasteiger partial charge in [-0.15, -0.1) is 0 Å². The van der Waals surface area contributed by atoms with E-state index in [1.807, 2.05) is 78.9 Å². The van der Waals surface area contributed by atoms with Crippen LogP contribution >= 0.6 is 11.3 Å². The van der Waals surface area contributed by atoms with Gasteiger partial charge in [0.25, 0.3) is 5.56 Å². The molecule has 0 saturated heterocycles. The Labute approximate surface area is 245 Å². The number of thiazole rings is 1. The number of carbonyl (C=O) groups excluding carboxylic acids is 1. The molecule has 0 aliphatic carbocycles. The Morgan fingerprint density at radius 1 is 0.857 bits per heavy atom. The molecule has 6 nitrogen and oxygen atoms in total. The number of aromatic nitrogens is 3. The summed E-state index contributed by atoms with van der Waals surface area (Å²) in [5.74, 6) is -0.352. The largest absolute Gasteiger partial charge is 0.462 e. The first-order valence-electron chi connectivity index (χ1n) is 13.7. The van der Waals surface area contributed by atoms with E-state index in [-0.39, 0.29) is 11.5 Å². The Hall–Kier alpha value is -5.27. The van der Waals surface area contributed by atoms with Crippen LogP contribution in [0.2, 0.25) is 0 Å². The Balaban J connectivity index is 1.50. The molecular weight excluding hydrogens is 542 g/mol. The molecule has 0 amide bonds. The van der Waals surface area contributed by atoms with Gasteiger partial charge < -0.3 is 9.30 Å². The number of imidazole rings is 1. The fraction of sp³-hybridized carbons (Fsp3) is 0.0571. The average Bonchev–Trinajstić information content (AvgIpc) is 3.69. The Kier molecular flexibility index (Phi) is 6.49. The monoisotopic (exact) mass is 567 g/mol. The maximum atomic E-state index is 13.7. The zero-order valence-corrected chi connectivity index (χ0v) is 23.5. The molecule has 0 saturated carbocycles. The molecule has 0 bridgehead atoms. The zero-order chi connectivity index (χ0) is 28.6. The van der Waals surface area contributed by atoms with Gasteiger partial charge in [0.2, 0.25) is 0 Å². The van der Waals surface area contributed by atoms with Crippen molar-refractivity contribution in [2.45, 2.75) is 6.92 Å². The van der Waals surface area contributed by atoms with Crippen LogP contribution in [-0.2, 0) is 4.74 Å². The number of benzene rings is 4. The first-order chi connectivity index (χ1) is 20.6. The lowest BCUT2D eigenvalue weighted by Gasteiger charge is -2.15. The third-order valence-corrected chi connectivity index (χ3v) is 8.18. The second kappa shape index (κ2) is 10.6. The average molecular weight is 568 g/mol. The normalized spacial score (nSPS) is 11.9. The van der Waals surface area contributed by atoms with Crippen molar-refractivity contribution in [3.8, 4) is 28.2 Å². The number of carbonyl (C=O) groups is 1. The first-order valence-corrected chi connectivity index (χ1v) is 14.5. The smallest absolute Gasteiger partial charge is 0.338 e. The van der Waals surface area contributed by atoms with Crippen molar-refractivity contribution < 1.29 is 9.53 Å². The van der Waals surface area contributed by atoms with Crippen LogP contribution in [0.3, 0.4) is 0 Å². The van der Waals surface area contributed by atoms with Crippen molar-refractivity contribution in [1.29, 1.82) is 0 Å². The summed E-state index contributed by atoms with van der Waals surface area (Å²) in [5, 5.41) is 0. The Bertz CT molecular complexity index is 2180. The van der Waals surface area contributed by atoms with Crippen LogP contribution in [0.25, 0.3) is 50.3 Å². The highest BCUT2D eigenvalue weighted by Crippen LogP contribution is 2.36. The van der Waals surface area contributed by atoms with E-state index >= 15 is 0 Å². The summed E-state index contributed by atoms with van der Waals surface area (Å²) in [5.41, 5.74) is 7.73. The Morgan fingerprint density at radius 3 is 2.24 bits per heavy atom. The molecule has 0 fully saturated rings. The molecule has 7 heteroatoms. The second-order valence-corrected chi connectivity index (χ2v) is 10.8. The fourth-order valence-corrected chi connectivity index (χ4v) is 6.31. The summed E-state index contributed by atoms with van der Waals surface area (Å²) in [6.07, 6.45) is 1.97. The van der Waals surface area contributed by atoms with Crippen molar-refractivity contribution in [3.63, 3.8) is 0 Å². The van der Waals surface area contributed by atoms with Gasteiger partial charge in [0, 0.05) is 11.3 Å². The van der Waals surface area contributed by atoms with E-state index in [2.05, 4.69) is 34.9 Å². The minimum Gasteiger partial charge on any atom is -0.462 e. The predicted molar refractivity (Wildman–Crippen MR) is 168 cm³/mol. The first kappa shape index (κ1) is 25.7. The number of rotatable bonds is 6. The third kappa shape index (κ3) is 4.40. The summed E-state index contributed by atoms with van der Waals surface area (Å²) in [6.45, 7) is 2.11. The highest BCUT2D eigenvalue weighted by Gasteiger charge is 2.20. The van der Waals surface area contributed by atoms with Crippen LogP contribution in [0.15, 0.2) is 120 Å². The number of hydrogen-bond donors (Lipinski definition) is 0. The van der Waals surface area contributed by atoms with Gasteiger partial charge in [0.1, 0.15) is 0 Å². The minimum atomic E-state index is -0.352. The molecule has 204 valence electrons. The zero-order valence-electron chi connectivity index (χ0n) is 22.7. The highest BCUT2D eigenvalue weighted by molar-refractivity contribution is 7.15. The SMILES string of the molecule is CCOC(=O)c1ccc(-n2c(-c3ccccc3)cc(C=c3sc4nc5ccccc5n4c3=O)c2-c2ccccc2)cc1. The molecule has 7 aromatic rings. The van der Waals surface area contributed by atoms with Gasteiger partial charge in [-0.1, -0.05) is 84.1 Å². The van der Waals surface area contributed by atoms with Crippen LogP contribution < -0.4 is 10.1 Å². The van der Waals surface area contributed by atoms with E-state index in [1.165, 1.54) is 11.3 Å². The highest BCUT2D eigenvalue weighted by atomic mass is 32.1. The lowest BCUT2D eigenvalue weighted by molar-refractivity contribution is 0.0526. The molecule has 7 rings (SSSR count). The van der Waals surface area contributed by atoms with Crippen LogP contribution in [0.4, 0.5) is 0 Å². The van der Waals surface area contributed by atoms with Gasteiger partial charge in [0.15, 0.2) is 4.96 Å². The number of nitrogens with zero attached hydrogens (tertiary/aromatic N) is 3. The molecule has 0 atom stereocenters. The summed E-state index contributed by atoms with van der Waals surface area (Å²) >= 11 is 1.39. The van der Waals surface area contributed by atoms with Gasteiger partial charge in [-0.3, -0.25) is 4.79 Å². The molecule has 3 heterocycles. The maximum absolute atomic E-state index is 13.7. The molecule has 0 spiro atoms. The Morgan fingerprint density at radius 2 is 1.52 bits per heavy atom.